The zero-order valence-electron chi connectivity index (χ0n) is 12.4. The SMILES string of the molecule is CCCc1ccc2ccc3ccc(CCC)cc3c2c1. The van der Waals surface area contributed by atoms with E-state index in [-0.39, 0.29) is 0 Å². The topological polar surface area (TPSA) is 0 Å². The van der Waals surface area contributed by atoms with Crippen LogP contribution in [-0.4, -0.2) is 0 Å². The molecule has 0 unspecified atom stereocenters. The molecule has 0 amide bonds. The number of hydrogen-bond donors (Lipinski definition) is 0. The molecule has 3 aromatic rings. The lowest BCUT2D eigenvalue weighted by molar-refractivity contribution is 0.923. The molecule has 0 aliphatic heterocycles. The van der Waals surface area contributed by atoms with E-state index in [1.54, 1.807) is 0 Å². The fraction of sp³-hybridized carbons (Fsp3) is 0.300. The minimum Gasteiger partial charge on any atom is -0.0651 e. The minimum absolute atomic E-state index is 1.17. The van der Waals surface area contributed by atoms with Crippen molar-refractivity contribution in [3.05, 3.63) is 59.7 Å². The van der Waals surface area contributed by atoms with Crippen LogP contribution >= 0.6 is 0 Å². The summed E-state index contributed by atoms with van der Waals surface area (Å²) >= 11 is 0. The van der Waals surface area contributed by atoms with Crippen molar-refractivity contribution in [2.75, 3.05) is 0 Å². The Morgan fingerprint density at radius 2 is 1.00 bits per heavy atom. The van der Waals surface area contributed by atoms with Crippen LogP contribution in [-0.2, 0) is 12.8 Å². The molecule has 0 nitrogen and oxygen atoms in total. The Hall–Kier alpha value is -1.82. The summed E-state index contributed by atoms with van der Waals surface area (Å²) in [5, 5.41) is 5.52. The summed E-state index contributed by atoms with van der Waals surface area (Å²) in [6.07, 6.45) is 4.75. The first-order valence-electron chi connectivity index (χ1n) is 7.76. The second-order valence-electron chi connectivity index (χ2n) is 5.68. The average Bonchev–Trinajstić information content (AvgIpc) is 2.48. The molecule has 3 rings (SSSR count). The highest BCUT2D eigenvalue weighted by atomic mass is 14.1. The van der Waals surface area contributed by atoms with Crippen LogP contribution < -0.4 is 0 Å². The number of aryl methyl sites for hydroxylation is 2. The summed E-state index contributed by atoms with van der Waals surface area (Å²) in [6.45, 7) is 4.49. The molecule has 0 aromatic heterocycles. The standard InChI is InChI=1S/C20H22/c1-3-5-15-7-9-17-11-12-18-10-8-16(6-4-2)14-20(18)19(17)13-15/h7-14H,3-6H2,1-2H3. The van der Waals surface area contributed by atoms with Gasteiger partial charge < -0.3 is 0 Å². The fourth-order valence-electron chi connectivity index (χ4n) is 3.03. The highest BCUT2D eigenvalue weighted by Crippen LogP contribution is 2.28. The third-order valence-electron chi connectivity index (χ3n) is 4.05. The van der Waals surface area contributed by atoms with Crippen LogP contribution in [0, 0.1) is 0 Å². The maximum atomic E-state index is 2.39. The summed E-state index contributed by atoms with van der Waals surface area (Å²) in [4.78, 5) is 0. The van der Waals surface area contributed by atoms with E-state index in [1.807, 2.05) is 0 Å². The molecule has 102 valence electrons. The van der Waals surface area contributed by atoms with Gasteiger partial charge in [-0.05, 0) is 45.5 Å². The predicted molar refractivity (Wildman–Crippen MR) is 89.4 cm³/mol. The Labute approximate surface area is 121 Å². The summed E-state index contributed by atoms with van der Waals surface area (Å²) in [5.74, 6) is 0. The molecule has 0 aliphatic rings. The van der Waals surface area contributed by atoms with Crippen LogP contribution in [0.1, 0.15) is 37.8 Å². The molecule has 0 saturated carbocycles. The van der Waals surface area contributed by atoms with E-state index in [4.69, 9.17) is 0 Å². The number of benzene rings is 3. The normalized spacial score (nSPS) is 11.3. The lowest BCUT2D eigenvalue weighted by Crippen LogP contribution is -1.87. The van der Waals surface area contributed by atoms with Gasteiger partial charge in [0.15, 0.2) is 0 Å². The number of hydrogen-bond acceptors (Lipinski definition) is 0. The van der Waals surface area contributed by atoms with Crippen molar-refractivity contribution in [1.29, 1.82) is 0 Å². The van der Waals surface area contributed by atoms with Gasteiger partial charge in [-0.3, -0.25) is 0 Å². The van der Waals surface area contributed by atoms with Gasteiger partial charge in [0.25, 0.3) is 0 Å². The van der Waals surface area contributed by atoms with Crippen molar-refractivity contribution in [3.8, 4) is 0 Å². The van der Waals surface area contributed by atoms with E-state index in [2.05, 4.69) is 62.4 Å². The lowest BCUT2D eigenvalue weighted by Gasteiger charge is -2.08. The minimum atomic E-state index is 1.17. The van der Waals surface area contributed by atoms with Gasteiger partial charge in [-0.1, -0.05) is 75.2 Å². The highest BCUT2D eigenvalue weighted by molar-refractivity contribution is 6.07. The third kappa shape index (κ3) is 2.43. The molecule has 0 bridgehead atoms. The Morgan fingerprint density at radius 3 is 1.40 bits per heavy atom. The second kappa shape index (κ2) is 5.66. The fourth-order valence-corrected chi connectivity index (χ4v) is 3.03. The number of rotatable bonds is 4. The molecule has 0 spiro atoms. The first-order valence-corrected chi connectivity index (χ1v) is 7.76. The smallest absolute Gasteiger partial charge is 0.0103 e. The summed E-state index contributed by atoms with van der Waals surface area (Å²) in [6, 6.07) is 18.3. The molecular weight excluding hydrogens is 240 g/mol. The molecule has 0 aliphatic carbocycles. The Balaban J connectivity index is 2.24. The first kappa shape index (κ1) is 13.2. The van der Waals surface area contributed by atoms with E-state index in [0.29, 0.717) is 0 Å². The molecular formula is C20H22. The van der Waals surface area contributed by atoms with Crippen LogP contribution in [0.4, 0.5) is 0 Å². The molecule has 3 aromatic carbocycles. The highest BCUT2D eigenvalue weighted by Gasteiger charge is 2.03. The summed E-state index contributed by atoms with van der Waals surface area (Å²) < 4.78 is 0. The molecule has 0 saturated heterocycles. The van der Waals surface area contributed by atoms with E-state index in [0.717, 1.165) is 0 Å². The predicted octanol–water partition coefficient (Wildman–Crippen LogP) is 5.90. The van der Waals surface area contributed by atoms with Gasteiger partial charge >= 0.3 is 0 Å². The van der Waals surface area contributed by atoms with Crippen molar-refractivity contribution in [2.24, 2.45) is 0 Å². The molecule has 0 heterocycles. The van der Waals surface area contributed by atoms with Gasteiger partial charge in [0.05, 0.1) is 0 Å². The van der Waals surface area contributed by atoms with Crippen molar-refractivity contribution >= 4 is 21.5 Å². The average molecular weight is 262 g/mol. The maximum Gasteiger partial charge on any atom is -0.0103 e. The van der Waals surface area contributed by atoms with Gasteiger partial charge in [0.2, 0.25) is 0 Å². The van der Waals surface area contributed by atoms with Crippen LogP contribution in [0.25, 0.3) is 21.5 Å². The second-order valence-corrected chi connectivity index (χ2v) is 5.68. The zero-order chi connectivity index (χ0) is 13.9. The maximum absolute atomic E-state index is 2.39. The van der Waals surface area contributed by atoms with Crippen LogP contribution in [0.5, 0.6) is 0 Å². The van der Waals surface area contributed by atoms with Gasteiger partial charge in [0.1, 0.15) is 0 Å². The molecule has 0 atom stereocenters. The van der Waals surface area contributed by atoms with E-state index in [9.17, 15) is 0 Å². The van der Waals surface area contributed by atoms with Crippen molar-refractivity contribution in [3.63, 3.8) is 0 Å². The molecule has 20 heavy (non-hydrogen) atoms. The first-order chi connectivity index (χ1) is 9.81. The van der Waals surface area contributed by atoms with E-state index < -0.39 is 0 Å². The van der Waals surface area contributed by atoms with Gasteiger partial charge in [-0.2, -0.15) is 0 Å². The summed E-state index contributed by atoms with van der Waals surface area (Å²) in [5.41, 5.74) is 2.90. The molecule has 0 N–H and O–H groups in total. The third-order valence-corrected chi connectivity index (χ3v) is 4.05. The Bertz CT molecular complexity index is 673. The number of fused-ring (bicyclic) bond motifs is 3. The van der Waals surface area contributed by atoms with Crippen LogP contribution in [0.3, 0.4) is 0 Å². The van der Waals surface area contributed by atoms with E-state index in [1.165, 1.54) is 58.4 Å². The van der Waals surface area contributed by atoms with Crippen molar-refractivity contribution in [2.45, 2.75) is 39.5 Å². The zero-order valence-corrected chi connectivity index (χ0v) is 12.4. The van der Waals surface area contributed by atoms with Crippen molar-refractivity contribution < 1.29 is 0 Å². The molecule has 0 fully saturated rings. The Kier molecular flexibility index (Phi) is 3.73. The lowest BCUT2D eigenvalue weighted by atomic mass is 9.96. The Morgan fingerprint density at radius 1 is 0.600 bits per heavy atom. The van der Waals surface area contributed by atoms with Crippen LogP contribution in [0.2, 0.25) is 0 Å². The molecule has 0 radical (unpaired) electrons. The van der Waals surface area contributed by atoms with Gasteiger partial charge in [-0.15, -0.1) is 0 Å². The van der Waals surface area contributed by atoms with E-state index >= 15 is 0 Å². The van der Waals surface area contributed by atoms with Gasteiger partial charge in [0, 0.05) is 0 Å². The quantitative estimate of drug-likeness (QED) is 0.514. The summed E-state index contributed by atoms with van der Waals surface area (Å²) in [7, 11) is 0. The van der Waals surface area contributed by atoms with Gasteiger partial charge in [-0.25, -0.2) is 0 Å². The van der Waals surface area contributed by atoms with Crippen LogP contribution in [0.15, 0.2) is 48.5 Å². The molecule has 0 heteroatoms. The largest absolute Gasteiger partial charge is 0.0651 e. The van der Waals surface area contributed by atoms with Crippen molar-refractivity contribution in [1.82, 2.24) is 0 Å². The monoisotopic (exact) mass is 262 g/mol.